The van der Waals surface area contributed by atoms with Gasteiger partial charge in [-0.05, 0) is 50.7 Å². The maximum atomic E-state index is 12.7. The number of aromatic amines is 1. The fourth-order valence-electron chi connectivity index (χ4n) is 3.15. The summed E-state index contributed by atoms with van der Waals surface area (Å²) in [7, 11) is 0. The zero-order valence-corrected chi connectivity index (χ0v) is 15.6. The normalized spacial score (nSPS) is 14.2. The number of H-pyrrole nitrogens is 1. The van der Waals surface area contributed by atoms with Crippen LogP contribution >= 0.6 is 11.8 Å². The summed E-state index contributed by atoms with van der Waals surface area (Å²) in [6.07, 6.45) is 3.27. The SMILES string of the molecule is CCC(Sc1nc2c(c(=O)[nH]1)CCC2)C(=O)Nc1c(C)cccc1C. The first-order valence-electron chi connectivity index (χ1n) is 8.65. The van der Waals surface area contributed by atoms with Gasteiger partial charge in [0.1, 0.15) is 0 Å². The van der Waals surface area contributed by atoms with Gasteiger partial charge in [0, 0.05) is 11.3 Å². The highest BCUT2D eigenvalue weighted by Gasteiger charge is 2.23. The van der Waals surface area contributed by atoms with Gasteiger partial charge in [-0.25, -0.2) is 4.98 Å². The number of fused-ring (bicyclic) bond motifs is 1. The molecule has 25 heavy (non-hydrogen) atoms. The molecule has 0 fully saturated rings. The number of hydrogen-bond acceptors (Lipinski definition) is 4. The summed E-state index contributed by atoms with van der Waals surface area (Å²) in [5.41, 5.74) is 4.57. The molecule has 1 aromatic heterocycles. The van der Waals surface area contributed by atoms with E-state index in [0.717, 1.165) is 47.3 Å². The van der Waals surface area contributed by atoms with E-state index in [9.17, 15) is 9.59 Å². The van der Waals surface area contributed by atoms with Crippen LogP contribution in [0.2, 0.25) is 0 Å². The largest absolute Gasteiger partial charge is 0.325 e. The number of amides is 1. The van der Waals surface area contributed by atoms with Crippen LogP contribution in [0, 0.1) is 13.8 Å². The van der Waals surface area contributed by atoms with Crippen molar-refractivity contribution < 1.29 is 4.79 Å². The molecule has 2 aromatic rings. The highest BCUT2D eigenvalue weighted by molar-refractivity contribution is 8.00. The lowest BCUT2D eigenvalue weighted by atomic mass is 10.1. The summed E-state index contributed by atoms with van der Waals surface area (Å²) < 4.78 is 0. The first-order valence-corrected chi connectivity index (χ1v) is 9.53. The van der Waals surface area contributed by atoms with Gasteiger partial charge in [-0.2, -0.15) is 0 Å². The number of carbonyl (C=O) groups is 1. The van der Waals surface area contributed by atoms with Crippen LogP contribution in [0.15, 0.2) is 28.2 Å². The van der Waals surface area contributed by atoms with Crippen molar-refractivity contribution in [3.63, 3.8) is 0 Å². The molecule has 5 nitrogen and oxygen atoms in total. The molecule has 2 N–H and O–H groups in total. The summed E-state index contributed by atoms with van der Waals surface area (Å²) in [5, 5.41) is 3.27. The van der Waals surface area contributed by atoms with Crippen molar-refractivity contribution in [1.29, 1.82) is 0 Å². The van der Waals surface area contributed by atoms with Gasteiger partial charge in [0.2, 0.25) is 5.91 Å². The Bertz CT molecular complexity index is 840. The molecule has 1 atom stereocenters. The zero-order chi connectivity index (χ0) is 18.0. The minimum atomic E-state index is -0.304. The molecule has 132 valence electrons. The van der Waals surface area contributed by atoms with Gasteiger partial charge >= 0.3 is 0 Å². The van der Waals surface area contributed by atoms with Crippen molar-refractivity contribution in [2.45, 2.75) is 56.9 Å². The summed E-state index contributed by atoms with van der Waals surface area (Å²) >= 11 is 1.33. The van der Waals surface area contributed by atoms with E-state index in [1.165, 1.54) is 11.8 Å². The van der Waals surface area contributed by atoms with E-state index in [-0.39, 0.29) is 16.7 Å². The number of nitrogens with zero attached hydrogens (tertiary/aromatic N) is 1. The van der Waals surface area contributed by atoms with Crippen LogP contribution in [0.3, 0.4) is 0 Å². The number of aromatic nitrogens is 2. The Labute approximate surface area is 151 Å². The summed E-state index contributed by atoms with van der Waals surface area (Å²) in [6.45, 7) is 5.93. The second-order valence-corrected chi connectivity index (χ2v) is 7.61. The van der Waals surface area contributed by atoms with Crippen molar-refractivity contribution in [2.75, 3.05) is 5.32 Å². The van der Waals surface area contributed by atoms with Crippen molar-refractivity contribution in [3.8, 4) is 0 Å². The Morgan fingerprint density at radius 1 is 1.32 bits per heavy atom. The third-order valence-corrected chi connectivity index (χ3v) is 5.81. The first kappa shape index (κ1) is 17.7. The lowest BCUT2D eigenvalue weighted by molar-refractivity contribution is -0.115. The number of carbonyl (C=O) groups excluding carboxylic acids is 1. The van der Waals surface area contributed by atoms with Crippen LogP contribution in [-0.4, -0.2) is 21.1 Å². The third-order valence-electron chi connectivity index (χ3n) is 4.57. The van der Waals surface area contributed by atoms with E-state index < -0.39 is 0 Å². The van der Waals surface area contributed by atoms with Crippen LogP contribution in [0.1, 0.15) is 42.1 Å². The Morgan fingerprint density at radius 3 is 2.72 bits per heavy atom. The second kappa shape index (κ2) is 7.44. The maximum absolute atomic E-state index is 12.7. The van der Waals surface area contributed by atoms with Crippen molar-refractivity contribution in [2.24, 2.45) is 0 Å². The molecule has 6 heteroatoms. The van der Waals surface area contributed by atoms with Crippen LogP contribution in [-0.2, 0) is 17.6 Å². The Kier molecular flexibility index (Phi) is 5.27. The van der Waals surface area contributed by atoms with E-state index in [4.69, 9.17) is 0 Å². The van der Waals surface area contributed by atoms with Crippen molar-refractivity contribution in [3.05, 3.63) is 50.9 Å². The number of aryl methyl sites for hydroxylation is 3. The highest BCUT2D eigenvalue weighted by Crippen LogP contribution is 2.27. The molecule has 0 aliphatic heterocycles. The topological polar surface area (TPSA) is 74.8 Å². The zero-order valence-electron chi connectivity index (χ0n) is 14.8. The van der Waals surface area contributed by atoms with E-state index in [1.807, 2.05) is 39.0 Å². The lowest BCUT2D eigenvalue weighted by Crippen LogP contribution is -2.26. The molecule has 1 heterocycles. The molecule has 0 saturated carbocycles. The fraction of sp³-hybridized carbons (Fsp3) is 0.421. The van der Waals surface area contributed by atoms with Gasteiger partial charge in [-0.15, -0.1) is 0 Å². The molecule has 0 spiro atoms. The smallest absolute Gasteiger partial charge is 0.254 e. The molecule has 1 amide bonds. The Morgan fingerprint density at radius 2 is 2.04 bits per heavy atom. The number of hydrogen-bond donors (Lipinski definition) is 2. The monoisotopic (exact) mass is 357 g/mol. The van der Waals surface area contributed by atoms with Crippen molar-refractivity contribution in [1.82, 2.24) is 9.97 Å². The Hall–Kier alpha value is -2.08. The number of rotatable bonds is 5. The maximum Gasteiger partial charge on any atom is 0.254 e. The van der Waals surface area contributed by atoms with Crippen LogP contribution in [0.4, 0.5) is 5.69 Å². The van der Waals surface area contributed by atoms with E-state index >= 15 is 0 Å². The minimum absolute atomic E-state index is 0.0602. The predicted octanol–water partition coefficient (Wildman–Crippen LogP) is 3.38. The minimum Gasteiger partial charge on any atom is -0.325 e. The summed E-state index contributed by atoms with van der Waals surface area (Å²) in [4.78, 5) is 32.2. The first-order chi connectivity index (χ1) is 12.0. The average molecular weight is 357 g/mol. The van der Waals surface area contributed by atoms with Gasteiger partial charge < -0.3 is 10.3 Å². The molecule has 1 unspecified atom stereocenters. The molecule has 1 aliphatic rings. The van der Waals surface area contributed by atoms with E-state index in [1.54, 1.807) is 0 Å². The summed E-state index contributed by atoms with van der Waals surface area (Å²) in [6, 6.07) is 5.94. The predicted molar refractivity (Wildman–Crippen MR) is 101 cm³/mol. The number of anilines is 1. The molecule has 1 aliphatic carbocycles. The molecular weight excluding hydrogens is 334 g/mol. The van der Waals surface area contributed by atoms with Gasteiger partial charge in [0.05, 0.1) is 10.9 Å². The molecule has 3 rings (SSSR count). The second-order valence-electron chi connectivity index (χ2n) is 6.42. The van der Waals surface area contributed by atoms with Crippen molar-refractivity contribution >= 4 is 23.4 Å². The molecular formula is C19H23N3O2S. The third kappa shape index (κ3) is 3.79. The molecule has 1 aromatic carbocycles. The van der Waals surface area contributed by atoms with Crippen LogP contribution < -0.4 is 10.9 Å². The lowest BCUT2D eigenvalue weighted by Gasteiger charge is -2.17. The number of thioether (sulfide) groups is 1. The summed E-state index contributed by atoms with van der Waals surface area (Å²) in [5.74, 6) is -0.0620. The van der Waals surface area contributed by atoms with Crippen LogP contribution in [0.25, 0.3) is 0 Å². The highest BCUT2D eigenvalue weighted by atomic mass is 32.2. The number of benzene rings is 1. The standard InChI is InChI=1S/C19H23N3O2S/c1-4-15(18(24)21-16-11(2)7-5-8-12(16)3)25-19-20-14-10-6-9-13(14)17(23)22-19/h5,7-8,15H,4,6,9-10H2,1-3H3,(H,21,24)(H,20,22,23). The number of nitrogens with one attached hydrogen (secondary N) is 2. The molecule has 0 radical (unpaired) electrons. The van der Waals surface area contributed by atoms with E-state index in [0.29, 0.717) is 11.6 Å². The van der Waals surface area contributed by atoms with Gasteiger partial charge in [-0.3, -0.25) is 9.59 Å². The molecule has 0 bridgehead atoms. The Balaban J connectivity index is 1.78. The average Bonchev–Trinajstić information content (AvgIpc) is 3.05. The van der Waals surface area contributed by atoms with Gasteiger partial charge in [0.25, 0.3) is 5.56 Å². The fourth-order valence-corrected chi connectivity index (χ4v) is 4.06. The molecule has 0 saturated heterocycles. The quantitative estimate of drug-likeness (QED) is 0.635. The number of para-hydroxylation sites is 1. The van der Waals surface area contributed by atoms with Gasteiger partial charge in [-0.1, -0.05) is 36.9 Å². The van der Waals surface area contributed by atoms with Crippen LogP contribution in [0.5, 0.6) is 0 Å². The van der Waals surface area contributed by atoms with E-state index in [2.05, 4.69) is 15.3 Å². The van der Waals surface area contributed by atoms with Gasteiger partial charge in [0.15, 0.2) is 5.16 Å².